The zero-order valence-electron chi connectivity index (χ0n) is 17.7. The quantitative estimate of drug-likeness (QED) is 0.0776. The molecule has 13 N–H and O–H groups in total. The maximum atomic E-state index is 11.3. The number of carbonyl (C=O) groups is 1. The first-order valence-corrected chi connectivity index (χ1v) is 10.3. The molecule has 0 fully saturated rings. The third-order valence-corrected chi connectivity index (χ3v) is 4.97. The molecule has 0 saturated heterocycles. The molecule has 0 spiro atoms. The van der Waals surface area contributed by atoms with Crippen LogP contribution in [0.3, 0.4) is 0 Å². The van der Waals surface area contributed by atoms with Crippen molar-refractivity contribution in [3.8, 4) is 0 Å². The number of aliphatic carboxylic acids is 1. The Balaban J connectivity index is 4.23. The molecule has 0 aromatic heterocycles. The number of hydrogen-bond acceptors (Lipinski definition) is 13. The highest BCUT2D eigenvalue weighted by atomic mass is 16.4. The molecule has 14 heteroatoms. The van der Waals surface area contributed by atoms with Gasteiger partial charge >= 0.3 is 5.97 Å². The van der Waals surface area contributed by atoms with Crippen molar-refractivity contribution in [3.05, 3.63) is 0 Å². The van der Waals surface area contributed by atoms with Crippen LogP contribution in [0.4, 0.5) is 0 Å². The van der Waals surface area contributed by atoms with Crippen molar-refractivity contribution < 1.29 is 61.0 Å². The van der Waals surface area contributed by atoms with Crippen molar-refractivity contribution in [1.29, 1.82) is 0 Å². The number of unbranched alkanes of at least 4 members (excludes halogenated alkanes) is 1. The van der Waals surface area contributed by atoms with E-state index in [2.05, 4.69) is 10.6 Å². The van der Waals surface area contributed by atoms with Gasteiger partial charge in [-0.15, -0.1) is 0 Å². The van der Waals surface area contributed by atoms with Gasteiger partial charge in [0.05, 0.1) is 25.4 Å². The fraction of sp³-hybridized carbons (Fsp3) is 0.944. The highest BCUT2D eigenvalue weighted by Gasteiger charge is 2.31. The molecule has 0 saturated carbocycles. The van der Waals surface area contributed by atoms with Crippen molar-refractivity contribution in [2.45, 2.75) is 74.1 Å². The molecule has 0 aliphatic heterocycles. The third-order valence-electron chi connectivity index (χ3n) is 4.97. The maximum absolute atomic E-state index is 11.3. The highest BCUT2D eigenvalue weighted by molar-refractivity contribution is 5.73. The fourth-order valence-corrected chi connectivity index (χ4v) is 2.79. The predicted octanol–water partition coefficient (Wildman–Crippen LogP) is -6.34. The van der Waals surface area contributed by atoms with E-state index in [0.29, 0.717) is 19.4 Å². The van der Waals surface area contributed by atoms with Crippen molar-refractivity contribution in [2.75, 3.05) is 32.8 Å². The number of aliphatic hydroxyl groups is 10. The van der Waals surface area contributed by atoms with Crippen LogP contribution in [-0.2, 0) is 4.79 Å². The van der Waals surface area contributed by atoms with Gasteiger partial charge in [0.2, 0.25) is 0 Å². The molecule has 0 aliphatic rings. The van der Waals surface area contributed by atoms with Crippen LogP contribution in [0.5, 0.6) is 0 Å². The van der Waals surface area contributed by atoms with Crippen LogP contribution in [-0.4, -0.2) is 150 Å². The van der Waals surface area contributed by atoms with E-state index in [1.165, 1.54) is 0 Å². The Labute approximate surface area is 185 Å². The van der Waals surface area contributed by atoms with E-state index < -0.39 is 80.6 Å². The summed E-state index contributed by atoms with van der Waals surface area (Å²) in [6, 6.07) is -1.07. The molecule has 192 valence electrons. The number of nitrogens with one attached hydrogen (secondary N) is 2. The van der Waals surface area contributed by atoms with E-state index in [4.69, 9.17) is 10.2 Å². The largest absolute Gasteiger partial charge is 0.480 e. The molecule has 0 radical (unpaired) electrons. The van der Waals surface area contributed by atoms with Crippen LogP contribution in [0.2, 0.25) is 0 Å². The Kier molecular flexibility index (Phi) is 16.1. The van der Waals surface area contributed by atoms with Crippen molar-refractivity contribution in [1.82, 2.24) is 10.6 Å². The van der Waals surface area contributed by atoms with Crippen molar-refractivity contribution in [3.63, 3.8) is 0 Å². The molecule has 0 aliphatic carbocycles. The first-order valence-electron chi connectivity index (χ1n) is 10.3. The van der Waals surface area contributed by atoms with Gasteiger partial charge < -0.3 is 66.8 Å². The van der Waals surface area contributed by atoms with E-state index in [-0.39, 0.29) is 13.0 Å². The van der Waals surface area contributed by atoms with Crippen LogP contribution in [0.15, 0.2) is 0 Å². The number of carboxylic acids is 1. The minimum absolute atomic E-state index is 0.122. The second-order valence-electron chi connectivity index (χ2n) is 7.60. The lowest BCUT2D eigenvalue weighted by Gasteiger charge is -2.26. The topological polar surface area (TPSA) is 264 Å². The average molecular weight is 475 g/mol. The Bertz CT molecular complexity index is 503. The smallest absolute Gasteiger partial charge is 0.320 e. The molecule has 32 heavy (non-hydrogen) atoms. The average Bonchev–Trinajstić information content (AvgIpc) is 2.78. The standard InChI is InChI=1S/C18H38N2O12/c21-7-12(25)16(29)14(27)10(23)5-19-4-2-1-3-9(18(31)32)20-6-11(24)15(28)17(30)13(26)8-22/h9-17,19-30H,1-8H2,(H,31,32)/t9-,10?,11?,12?,13?,14?,15?,16?,17?/m0/s1. The zero-order valence-corrected chi connectivity index (χ0v) is 17.7. The number of carboxylic acid groups (broad SMARTS) is 1. The first kappa shape index (κ1) is 31.0. The van der Waals surface area contributed by atoms with Crippen LogP contribution in [0.1, 0.15) is 19.3 Å². The summed E-state index contributed by atoms with van der Waals surface area (Å²) in [7, 11) is 0. The van der Waals surface area contributed by atoms with E-state index in [0.717, 1.165) is 0 Å². The molecule has 0 amide bonds. The summed E-state index contributed by atoms with van der Waals surface area (Å²) in [5.74, 6) is -1.20. The van der Waals surface area contributed by atoms with E-state index in [1.807, 2.05) is 0 Å². The second kappa shape index (κ2) is 16.6. The lowest BCUT2D eigenvalue weighted by Crippen LogP contribution is -2.51. The summed E-state index contributed by atoms with van der Waals surface area (Å²) in [4.78, 5) is 11.3. The fourth-order valence-electron chi connectivity index (χ4n) is 2.79. The summed E-state index contributed by atoms with van der Waals surface area (Å²) >= 11 is 0. The lowest BCUT2D eigenvalue weighted by atomic mass is 10.0. The molecule has 9 atom stereocenters. The van der Waals surface area contributed by atoms with Crippen molar-refractivity contribution >= 4 is 5.97 Å². The van der Waals surface area contributed by atoms with Crippen LogP contribution in [0.25, 0.3) is 0 Å². The van der Waals surface area contributed by atoms with Gasteiger partial charge in [-0.05, 0) is 19.4 Å². The van der Waals surface area contributed by atoms with Gasteiger partial charge in [-0.2, -0.15) is 0 Å². The normalized spacial score (nSPS) is 20.6. The Morgan fingerprint density at radius 3 is 1.53 bits per heavy atom. The van der Waals surface area contributed by atoms with Gasteiger partial charge in [-0.25, -0.2) is 0 Å². The summed E-state index contributed by atoms with van der Waals surface area (Å²) in [5, 5.41) is 109. The molecule has 0 aromatic rings. The van der Waals surface area contributed by atoms with Gasteiger partial charge in [-0.1, -0.05) is 6.42 Å². The maximum Gasteiger partial charge on any atom is 0.320 e. The lowest BCUT2D eigenvalue weighted by molar-refractivity contribution is -0.140. The van der Waals surface area contributed by atoms with Crippen molar-refractivity contribution in [2.24, 2.45) is 0 Å². The second-order valence-corrected chi connectivity index (χ2v) is 7.60. The number of rotatable bonds is 19. The highest BCUT2D eigenvalue weighted by Crippen LogP contribution is 2.07. The molecule has 0 bridgehead atoms. The van der Waals surface area contributed by atoms with Gasteiger partial charge in [0, 0.05) is 13.1 Å². The van der Waals surface area contributed by atoms with Gasteiger partial charge in [0.25, 0.3) is 0 Å². The molecule has 14 nitrogen and oxygen atoms in total. The molecular formula is C18H38N2O12. The third kappa shape index (κ3) is 11.2. The SMILES string of the molecule is O=C(O)[C@H](CCCCNCC(O)C(O)C(O)C(O)CO)NCC(O)C(O)C(O)C(O)CO. The Morgan fingerprint density at radius 2 is 1.09 bits per heavy atom. The molecular weight excluding hydrogens is 436 g/mol. The minimum atomic E-state index is -1.81. The van der Waals surface area contributed by atoms with Gasteiger partial charge in [-0.3, -0.25) is 4.79 Å². The molecule has 8 unspecified atom stereocenters. The summed E-state index contributed by atoms with van der Waals surface area (Å²) < 4.78 is 0. The predicted molar refractivity (Wildman–Crippen MR) is 108 cm³/mol. The van der Waals surface area contributed by atoms with E-state index in [1.54, 1.807) is 0 Å². The summed E-state index contributed by atoms with van der Waals surface area (Å²) in [6.45, 7) is -1.79. The minimum Gasteiger partial charge on any atom is -0.480 e. The zero-order chi connectivity index (χ0) is 24.8. The summed E-state index contributed by atoms with van der Waals surface area (Å²) in [5.41, 5.74) is 0. The number of hydrogen-bond donors (Lipinski definition) is 13. The monoisotopic (exact) mass is 474 g/mol. The molecule has 0 heterocycles. The van der Waals surface area contributed by atoms with Crippen LogP contribution < -0.4 is 10.6 Å². The Morgan fingerprint density at radius 1 is 0.656 bits per heavy atom. The van der Waals surface area contributed by atoms with E-state index >= 15 is 0 Å². The first-order chi connectivity index (χ1) is 15.0. The van der Waals surface area contributed by atoms with E-state index in [9.17, 15) is 50.8 Å². The number of aliphatic hydroxyl groups excluding tert-OH is 10. The summed E-state index contributed by atoms with van der Waals surface area (Å²) in [6.07, 6.45) is -12.2. The molecule has 0 rings (SSSR count). The molecule has 0 aromatic carbocycles. The Hall–Kier alpha value is -1.01. The van der Waals surface area contributed by atoms with Gasteiger partial charge in [0.15, 0.2) is 0 Å². The van der Waals surface area contributed by atoms with Crippen LogP contribution >= 0.6 is 0 Å². The van der Waals surface area contributed by atoms with Crippen LogP contribution in [0, 0.1) is 0 Å². The van der Waals surface area contributed by atoms with Gasteiger partial charge in [0.1, 0.15) is 42.7 Å².